The normalized spacial score (nSPS) is 10.7. The van der Waals surface area contributed by atoms with Gasteiger partial charge in [-0.15, -0.1) is 0 Å². The second kappa shape index (κ2) is 12.0. The van der Waals surface area contributed by atoms with Gasteiger partial charge in [-0.05, 0) is 63.2 Å². The Morgan fingerprint density at radius 2 is 1.69 bits per heavy atom. The third kappa shape index (κ3) is 6.47. The summed E-state index contributed by atoms with van der Waals surface area (Å²) in [6.45, 7) is 1.84. The van der Waals surface area contributed by atoms with Crippen molar-refractivity contribution in [2.45, 2.75) is 27.4 Å². The number of hydrogen-bond donors (Lipinski definition) is 1. The first-order chi connectivity index (χ1) is 17.2. The largest absolute Gasteiger partial charge is 0.493 e. The molecule has 10 heteroatoms. The number of carbonyl (C=O) groups excluding carboxylic acids is 3. The number of rotatable bonds is 11. The molecule has 0 unspecified atom stereocenters. The fourth-order valence-corrected chi connectivity index (χ4v) is 3.68. The number of amides is 1. The zero-order valence-electron chi connectivity index (χ0n) is 20.0. The van der Waals surface area contributed by atoms with E-state index in [1.54, 1.807) is 67.8 Å². The molecule has 0 saturated heterocycles. The van der Waals surface area contributed by atoms with Gasteiger partial charge in [0.05, 0.1) is 12.2 Å². The SMILES string of the molecule is CCOc1ccccc1C(=O)NCC(=O)OCC(=O)c1cc(C)n(-c2ccc(OC(F)F)cc2)c1C. The third-order valence-corrected chi connectivity index (χ3v) is 5.24. The fourth-order valence-electron chi connectivity index (χ4n) is 3.68. The lowest BCUT2D eigenvalue weighted by atomic mass is 10.1. The highest BCUT2D eigenvalue weighted by molar-refractivity contribution is 6.00. The number of nitrogens with zero attached hydrogens (tertiary/aromatic N) is 1. The van der Waals surface area contributed by atoms with Crippen LogP contribution in [-0.2, 0) is 9.53 Å². The molecule has 1 N–H and O–H groups in total. The summed E-state index contributed by atoms with van der Waals surface area (Å²) in [6.07, 6.45) is 0. The molecule has 1 aromatic heterocycles. The molecule has 1 amide bonds. The van der Waals surface area contributed by atoms with Gasteiger partial charge in [0, 0.05) is 22.6 Å². The lowest BCUT2D eigenvalue weighted by Gasteiger charge is -2.11. The van der Waals surface area contributed by atoms with Crippen LogP contribution in [0.25, 0.3) is 5.69 Å². The minimum Gasteiger partial charge on any atom is -0.493 e. The highest BCUT2D eigenvalue weighted by atomic mass is 19.3. The van der Waals surface area contributed by atoms with Crippen LogP contribution in [0.1, 0.15) is 39.0 Å². The van der Waals surface area contributed by atoms with Crippen molar-refractivity contribution in [3.63, 3.8) is 0 Å². The van der Waals surface area contributed by atoms with Crippen molar-refractivity contribution in [1.29, 1.82) is 0 Å². The monoisotopic (exact) mass is 500 g/mol. The lowest BCUT2D eigenvalue weighted by molar-refractivity contribution is -0.141. The average Bonchev–Trinajstić information content (AvgIpc) is 3.15. The van der Waals surface area contributed by atoms with Crippen LogP contribution in [-0.4, -0.2) is 48.6 Å². The van der Waals surface area contributed by atoms with Gasteiger partial charge in [0.2, 0.25) is 5.78 Å². The summed E-state index contributed by atoms with van der Waals surface area (Å²) in [4.78, 5) is 37.2. The number of ketones is 1. The Morgan fingerprint density at radius 1 is 1.00 bits per heavy atom. The van der Waals surface area contributed by atoms with Gasteiger partial charge < -0.3 is 24.1 Å². The number of hydrogen-bond acceptors (Lipinski definition) is 6. The Morgan fingerprint density at radius 3 is 2.36 bits per heavy atom. The maximum absolute atomic E-state index is 12.7. The van der Waals surface area contributed by atoms with Crippen molar-refractivity contribution in [2.75, 3.05) is 19.8 Å². The van der Waals surface area contributed by atoms with Crippen molar-refractivity contribution < 1.29 is 37.4 Å². The Kier molecular flexibility index (Phi) is 8.77. The molecule has 0 saturated carbocycles. The van der Waals surface area contributed by atoms with Crippen LogP contribution >= 0.6 is 0 Å². The summed E-state index contributed by atoms with van der Waals surface area (Å²) in [7, 11) is 0. The minimum atomic E-state index is -2.92. The van der Waals surface area contributed by atoms with Gasteiger partial charge in [0.15, 0.2) is 6.61 Å². The molecule has 0 aliphatic carbocycles. The van der Waals surface area contributed by atoms with E-state index in [1.165, 1.54) is 12.1 Å². The van der Waals surface area contributed by atoms with Crippen molar-refractivity contribution >= 4 is 17.7 Å². The van der Waals surface area contributed by atoms with Crippen LogP contribution in [0.15, 0.2) is 54.6 Å². The number of benzene rings is 2. The summed E-state index contributed by atoms with van der Waals surface area (Å²) < 4.78 is 41.4. The first-order valence-electron chi connectivity index (χ1n) is 11.1. The van der Waals surface area contributed by atoms with Gasteiger partial charge in [-0.2, -0.15) is 8.78 Å². The topological polar surface area (TPSA) is 95.9 Å². The summed E-state index contributed by atoms with van der Waals surface area (Å²) >= 11 is 0. The number of aromatic nitrogens is 1. The molecule has 2 aromatic carbocycles. The molecule has 8 nitrogen and oxygen atoms in total. The number of aryl methyl sites for hydroxylation is 1. The zero-order valence-corrected chi connectivity index (χ0v) is 20.0. The number of ether oxygens (including phenoxy) is 3. The maximum atomic E-state index is 12.7. The molecule has 3 rings (SSSR count). The summed E-state index contributed by atoms with van der Waals surface area (Å²) in [5, 5.41) is 2.46. The maximum Gasteiger partial charge on any atom is 0.387 e. The van der Waals surface area contributed by atoms with Gasteiger partial charge in [-0.25, -0.2) is 0 Å². The van der Waals surface area contributed by atoms with E-state index >= 15 is 0 Å². The summed E-state index contributed by atoms with van der Waals surface area (Å²) in [5.74, 6) is -1.28. The van der Waals surface area contributed by atoms with E-state index in [-0.39, 0.29) is 11.3 Å². The summed E-state index contributed by atoms with van der Waals surface area (Å²) in [6, 6.07) is 14.3. The van der Waals surface area contributed by atoms with Crippen LogP contribution in [0.3, 0.4) is 0 Å². The number of nitrogens with one attached hydrogen (secondary N) is 1. The van der Waals surface area contributed by atoms with Crippen molar-refractivity contribution in [2.24, 2.45) is 0 Å². The van der Waals surface area contributed by atoms with Gasteiger partial charge >= 0.3 is 12.6 Å². The number of alkyl halides is 2. The molecule has 0 fully saturated rings. The fraction of sp³-hybridized carbons (Fsp3) is 0.269. The summed E-state index contributed by atoms with van der Waals surface area (Å²) in [5.41, 5.74) is 2.60. The Labute approximate surface area is 206 Å². The number of carbonyl (C=O) groups is 3. The highest BCUT2D eigenvalue weighted by Gasteiger charge is 2.19. The molecule has 1 heterocycles. The molecular weight excluding hydrogens is 474 g/mol. The van der Waals surface area contributed by atoms with Gasteiger partial charge in [-0.3, -0.25) is 14.4 Å². The predicted octanol–water partition coefficient (Wildman–Crippen LogP) is 4.25. The second-order valence-corrected chi connectivity index (χ2v) is 7.69. The molecular formula is C26H26F2N2O6. The molecule has 0 bridgehead atoms. The molecule has 0 aliphatic rings. The van der Waals surface area contributed by atoms with E-state index in [2.05, 4.69) is 10.1 Å². The van der Waals surface area contributed by atoms with E-state index in [0.29, 0.717) is 29.3 Å². The first-order valence-corrected chi connectivity index (χ1v) is 11.1. The third-order valence-electron chi connectivity index (χ3n) is 5.24. The average molecular weight is 500 g/mol. The number of Topliss-reactive ketones (excluding diaryl/α,β-unsaturated/α-hetero) is 1. The molecule has 190 valence electrons. The molecule has 0 atom stereocenters. The Hall–Kier alpha value is -4.21. The van der Waals surface area contributed by atoms with E-state index in [4.69, 9.17) is 9.47 Å². The number of para-hydroxylation sites is 1. The molecule has 0 spiro atoms. The van der Waals surface area contributed by atoms with E-state index < -0.39 is 37.4 Å². The number of halogens is 2. The molecule has 0 radical (unpaired) electrons. The predicted molar refractivity (Wildman–Crippen MR) is 127 cm³/mol. The smallest absolute Gasteiger partial charge is 0.387 e. The molecule has 0 aliphatic heterocycles. The van der Waals surface area contributed by atoms with Crippen LogP contribution in [0, 0.1) is 13.8 Å². The quantitative estimate of drug-likeness (QED) is 0.312. The van der Waals surface area contributed by atoms with Gasteiger partial charge in [-0.1, -0.05) is 12.1 Å². The first kappa shape index (κ1) is 26.4. The Balaban J connectivity index is 1.58. The van der Waals surface area contributed by atoms with Crippen molar-refractivity contribution in [3.05, 3.63) is 77.1 Å². The van der Waals surface area contributed by atoms with Crippen molar-refractivity contribution in [3.8, 4) is 17.2 Å². The minimum absolute atomic E-state index is 0.0212. The van der Waals surface area contributed by atoms with Gasteiger partial charge in [0.25, 0.3) is 5.91 Å². The van der Waals surface area contributed by atoms with Crippen LogP contribution < -0.4 is 14.8 Å². The molecule has 36 heavy (non-hydrogen) atoms. The van der Waals surface area contributed by atoms with Crippen LogP contribution in [0.2, 0.25) is 0 Å². The van der Waals surface area contributed by atoms with Crippen LogP contribution in [0.5, 0.6) is 11.5 Å². The number of esters is 1. The zero-order chi connectivity index (χ0) is 26.2. The van der Waals surface area contributed by atoms with Gasteiger partial charge in [0.1, 0.15) is 18.0 Å². The van der Waals surface area contributed by atoms with E-state index in [0.717, 1.165) is 5.69 Å². The van der Waals surface area contributed by atoms with Crippen LogP contribution in [0.4, 0.5) is 8.78 Å². The molecule has 3 aromatic rings. The Bertz CT molecular complexity index is 1240. The lowest BCUT2D eigenvalue weighted by Crippen LogP contribution is -2.31. The second-order valence-electron chi connectivity index (χ2n) is 7.69. The van der Waals surface area contributed by atoms with Crippen molar-refractivity contribution in [1.82, 2.24) is 9.88 Å². The standard InChI is InChI=1S/C26H26F2N2O6/c1-4-34-23-8-6-5-7-20(23)25(33)29-14-24(32)35-15-22(31)21-13-16(2)30(17(21)3)18-9-11-19(12-10-18)36-26(27)28/h5-13,26H,4,14-15H2,1-3H3,(H,29,33). The highest BCUT2D eigenvalue weighted by Crippen LogP contribution is 2.24. The van der Waals surface area contributed by atoms with E-state index in [9.17, 15) is 23.2 Å². The van der Waals surface area contributed by atoms with E-state index in [1.807, 2.05) is 0 Å².